The van der Waals surface area contributed by atoms with Crippen LogP contribution in [0.4, 0.5) is 0 Å². The summed E-state index contributed by atoms with van der Waals surface area (Å²) in [6.45, 7) is 3.53. The minimum atomic E-state index is 0.884. The molecule has 1 atom stereocenters. The zero-order valence-corrected chi connectivity index (χ0v) is 14.1. The first kappa shape index (κ1) is 15.6. The normalized spacial score (nSPS) is 17.3. The second kappa shape index (κ2) is 7.85. The third-order valence-electron chi connectivity index (χ3n) is 5.61. The highest BCUT2D eigenvalue weighted by Gasteiger charge is 2.25. The summed E-state index contributed by atoms with van der Waals surface area (Å²) in [5.74, 6) is 1.86. The Morgan fingerprint density at radius 2 is 1.86 bits per heavy atom. The molecule has 0 radical (unpaired) electrons. The molecule has 1 aromatic heterocycles. The summed E-state index contributed by atoms with van der Waals surface area (Å²) < 4.78 is 2.51. The summed E-state index contributed by atoms with van der Waals surface area (Å²) in [5, 5.41) is 1.39. The van der Waals surface area contributed by atoms with Crippen molar-refractivity contribution in [1.82, 2.24) is 4.57 Å². The van der Waals surface area contributed by atoms with Gasteiger partial charge in [-0.05, 0) is 35.8 Å². The number of fused-ring (bicyclic) bond motifs is 1. The van der Waals surface area contributed by atoms with E-state index in [0.717, 1.165) is 11.8 Å². The van der Waals surface area contributed by atoms with E-state index in [1.807, 2.05) is 0 Å². The molecule has 22 heavy (non-hydrogen) atoms. The van der Waals surface area contributed by atoms with Gasteiger partial charge in [0.2, 0.25) is 0 Å². The molecule has 1 fully saturated rings. The van der Waals surface area contributed by atoms with Crippen molar-refractivity contribution in [3.8, 4) is 0 Å². The highest BCUT2D eigenvalue weighted by Crippen LogP contribution is 2.35. The Balaban J connectivity index is 1.68. The van der Waals surface area contributed by atoms with Crippen LogP contribution in [0.5, 0.6) is 0 Å². The third kappa shape index (κ3) is 3.74. The van der Waals surface area contributed by atoms with Crippen molar-refractivity contribution in [3.63, 3.8) is 0 Å². The zero-order chi connectivity index (χ0) is 15.2. The monoisotopic (exact) mass is 297 g/mol. The maximum Gasteiger partial charge on any atom is 0.0480 e. The number of hydrogen-bond acceptors (Lipinski definition) is 0. The lowest BCUT2D eigenvalue weighted by molar-refractivity contribution is 0.275. The molecule has 1 unspecified atom stereocenters. The van der Waals surface area contributed by atoms with Gasteiger partial charge in [0.05, 0.1) is 0 Å². The van der Waals surface area contributed by atoms with Crippen molar-refractivity contribution >= 4 is 10.9 Å². The van der Waals surface area contributed by atoms with Gasteiger partial charge in [0.1, 0.15) is 0 Å². The number of rotatable bonds is 8. The van der Waals surface area contributed by atoms with Crippen LogP contribution < -0.4 is 0 Å². The molecule has 1 aromatic carbocycles. The fourth-order valence-corrected chi connectivity index (χ4v) is 4.29. The van der Waals surface area contributed by atoms with Crippen LogP contribution in [0.1, 0.15) is 64.7 Å². The average Bonchev–Trinajstić information content (AvgIpc) is 3.20. The van der Waals surface area contributed by atoms with Crippen LogP contribution in [0.3, 0.4) is 0 Å². The van der Waals surface area contributed by atoms with Gasteiger partial charge in [0.15, 0.2) is 0 Å². The number of aromatic nitrogens is 1. The molecule has 3 rings (SSSR count). The van der Waals surface area contributed by atoms with E-state index in [1.54, 1.807) is 0 Å². The average molecular weight is 297 g/mol. The van der Waals surface area contributed by atoms with Crippen LogP contribution in [0.25, 0.3) is 10.9 Å². The molecule has 1 heteroatoms. The van der Waals surface area contributed by atoms with Crippen LogP contribution in [0.2, 0.25) is 0 Å². The molecule has 0 amide bonds. The first-order valence-corrected chi connectivity index (χ1v) is 9.42. The predicted molar refractivity (Wildman–Crippen MR) is 96.1 cm³/mol. The molecule has 0 N–H and O–H groups in total. The molecule has 0 aliphatic heterocycles. The lowest BCUT2D eigenvalue weighted by atomic mass is 9.86. The van der Waals surface area contributed by atoms with Crippen molar-refractivity contribution in [3.05, 3.63) is 36.5 Å². The highest BCUT2D eigenvalue weighted by molar-refractivity contribution is 5.79. The smallest absolute Gasteiger partial charge is 0.0480 e. The topological polar surface area (TPSA) is 4.93 Å². The highest BCUT2D eigenvalue weighted by atomic mass is 15.0. The fraction of sp³-hybridized carbons (Fsp3) is 0.619. The Morgan fingerprint density at radius 3 is 2.68 bits per heavy atom. The van der Waals surface area contributed by atoms with E-state index in [-0.39, 0.29) is 0 Å². The lowest BCUT2D eigenvalue weighted by Gasteiger charge is -2.24. The molecule has 1 nitrogen and oxygen atoms in total. The molecule has 1 aliphatic rings. The standard InChI is InChI=1S/C21H31N/c1-2-3-4-5-13-20(18-10-6-7-11-18)17-22-16-15-19-12-8-9-14-21(19)22/h8-9,12,14-16,18,20H,2-7,10-11,13,17H2,1H3. The van der Waals surface area contributed by atoms with Gasteiger partial charge in [0.25, 0.3) is 0 Å². The van der Waals surface area contributed by atoms with Crippen molar-refractivity contribution in [2.45, 2.75) is 71.3 Å². The van der Waals surface area contributed by atoms with E-state index in [1.165, 1.54) is 75.2 Å². The number of hydrogen-bond donors (Lipinski definition) is 0. The minimum Gasteiger partial charge on any atom is -0.347 e. The van der Waals surface area contributed by atoms with E-state index >= 15 is 0 Å². The molecule has 2 aromatic rings. The van der Waals surface area contributed by atoms with Crippen LogP contribution in [-0.4, -0.2) is 4.57 Å². The summed E-state index contributed by atoms with van der Waals surface area (Å²) in [4.78, 5) is 0. The predicted octanol–water partition coefficient (Wildman–Crippen LogP) is 6.42. The second-order valence-electron chi connectivity index (χ2n) is 7.18. The van der Waals surface area contributed by atoms with Gasteiger partial charge in [-0.1, -0.05) is 76.5 Å². The van der Waals surface area contributed by atoms with E-state index in [2.05, 4.69) is 48.0 Å². The lowest BCUT2D eigenvalue weighted by Crippen LogP contribution is -2.18. The first-order chi connectivity index (χ1) is 10.9. The maximum atomic E-state index is 2.51. The minimum absolute atomic E-state index is 0.884. The maximum absolute atomic E-state index is 2.51. The molecule has 0 saturated heterocycles. The molecule has 0 spiro atoms. The number of unbranched alkanes of at least 4 members (excludes halogenated alkanes) is 3. The van der Waals surface area contributed by atoms with Gasteiger partial charge in [-0.15, -0.1) is 0 Å². The van der Waals surface area contributed by atoms with Gasteiger partial charge in [-0.25, -0.2) is 0 Å². The van der Waals surface area contributed by atoms with E-state index in [9.17, 15) is 0 Å². The summed E-state index contributed by atoms with van der Waals surface area (Å²) in [5.41, 5.74) is 1.42. The Kier molecular flexibility index (Phi) is 5.58. The van der Waals surface area contributed by atoms with E-state index in [0.29, 0.717) is 0 Å². The second-order valence-corrected chi connectivity index (χ2v) is 7.18. The molecule has 120 valence electrons. The van der Waals surface area contributed by atoms with Crippen molar-refractivity contribution in [2.75, 3.05) is 0 Å². The van der Waals surface area contributed by atoms with Gasteiger partial charge >= 0.3 is 0 Å². The molecule has 0 bridgehead atoms. The van der Waals surface area contributed by atoms with Gasteiger partial charge in [-0.3, -0.25) is 0 Å². The SMILES string of the molecule is CCCCCCC(Cn1ccc2ccccc21)C1CCCC1. The third-order valence-corrected chi connectivity index (χ3v) is 5.61. The summed E-state index contributed by atoms with van der Waals surface area (Å²) in [7, 11) is 0. The van der Waals surface area contributed by atoms with E-state index in [4.69, 9.17) is 0 Å². The molecule has 1 aliphatic carbocycles. The Labute approximate surface area is 135 Å². The van der Waals surface area contributed by atoms with Crippen molar-refractivity contribution in [2.24, 2.45) is 11.8 Å². The fourth-order valence-electron chi connectivity index (χ4n) is 4.29. The number of benzene rings is 1. The van der Waals surface area contributed by atoms with Crippen LogP contribution in [0, 0.1) is 11.8 Å². The van der Waals surface area contributed by atoms with Gasteiger partial charge < -0.3 is 4.57 Å². The van der Waals surface area contributed by atoms with Crippen molar-refractivity contribution in [1.29, 1.82) is 0 Å². The van der Waals surface area contributed by atoms with Crippen LogP contribution in [-0.2, 0) is 6.54 Å². The quantitative estimate of drug-likeness (QED) is 0.495. The summed E-state index contributed by atoms with van der Waals surface area (Å²) >= 11 is 0. The zero-order valence-electron chi connectivity index (χ0n) is 14.1. The molecular weight excluding hydrogens is 266 g/mol. The summed E-state index contributed by atoms with van der Waals surface area (Å²) in [6, 6.07) is 11.1. The largest absolute Gasteiger partial charge is 0.347 e. The van der Waals surface area contributed by atoms with E-state index < -0.39 is 0 Å². The van der Waals surface area contributed by atoms with Crippen molar-refractivity contribution < 1.29 is 0 Å². The Morgan fingerprint density at radius 1 is 1.05 bits per heavy atom. The Bertz CT molecular complexity index is 562. The van der Waals surface area contributed by atoms with Gasteiger partial charge in [-0.2, -0.15) is 0 Å². The van der Waals surface area contributed by atoms with Crippen LogP contribution >= 0.6 is 0 Å². The Hall–Kier alpha value is -1.24. The molecule has 1 saturated carbocycles. The number of para-hydroxylation sites is 1. The van der Waals surface area contributed by atoms with Crippen LogP contribution in [0.15, 0.2) is 36.5 Å². The first-order valence-electron chi connectivity index (χ1n) is 9.42. The summed E-state index contributed by atoms with van der Waals surface area (Å²) in [6.07, 6.45) is 15.2. The number of nitrogens with zero attached hydrogens (tertiary/aromatic N) is 1. The van der Waals surface area contributed by atoms with Gasteiger partial charge in [0, 0.05) is 18.3 Å². The molecule has 1 heterocycles. The molecular formula is C21H31N.